The molecule has 0 heterocycles. The van der Waals surface area contributed by atoms with Gasteiger partial charge in [0.1, 0.15) is 0 Å². The van der Waals surface area contributed by atoms with Crippen molar-refractivity contribution in [2.24, 2.45) is 0 Å². The Bertz CT molecular complexity index is 467. The minimum atomic E-state index is -3.38. The summed E-state index contributed by atoms with van der Waals surface area (Å²) >= 11 is 0. The summed E-state index contributed by atoms with van der Waals surface area (Å²) < 4.78 is 36.5. The van der Waals surface area contributed by atoms with E-state index in [1.807, 2.05) is 6.07 Å². The second-order valence-corrected chi connectivity index (χ2v) is 5.11. The summed E-state index contributed by atoms with van der Waals surface area (Å²) in [6, 6.07) is 5.41. The molecule has 0 N–H and O–H groups in total. The Hall–Kier alpha value is -1.27. The lowest BCUT2D eigenvalue weighted by molar-refractivity contribution is 0.325. The molecule has 0 saturated heterocycles. The van der Waals surface area contributed by atoms with Crippen LogP contribution >= 0.6 is 0 Å². The smallest absolute Gasteiger partial charge is 0.264 e. The van der Waals surface area contributed by atoms with Crippen molar-refractivity contribution < 1.29 is 22.1 Å². The van der Waals surface area contributed by atoms with Crippen LogP contribution in [-0.4, -0.2) is 35.5 Å². The first kappa shape index (κ1) is 13.8. The molecule has 1 aromatic rings. The third-order valence-corrected chi connectivity index (χ3v) is 2.73. The van der Waals surface area contributed by atoms with Crippen molar-refractivity contribution in [2.75, 3.05) is 27.1 Å². The Morgan fingerprint density at radius 3 is 2.29 bits per heavy atom. The molecule has 0 radical (unpaired) electrons. The molecular weight excluding hydrogens is 244 g/mol. The summed E-state index contributed by atoms with van der Waals surface area (Å²) in [5.74, 6) is 1.25. The average Bonchev–Trinajstić information content (AvgIpc) is 2.27. The molecule has 0 bridgehead atoms. The molecule has 0 aromatic heterocycles. The van der Waals surface area contributed by atoms with Gasteiger partial charge in [-0.05, 0) is 24.1 Å². The Labute approximate surface area is 101 Å². The van der Waals surface area contributed by atoms with Gasteiger partial charge in [0.15, 0.2) is 11.5 Å². The number of rotatable bonds is 6. The van der Waals surface area contributed by atoms with Crippen LogP contribution in [0.2, 0.25) is 0 Å². The summed E-state index contributed by atoms with van der Waals surface area (Å²) in [6.07, 6.45) is 1.52. The lowest BCUT2D eigenvalue weighted by Crippen LogP contribution is -2.06. The molecule has 1 rings (SSSR count). The maximum absolute atomic E-state index is 10.8. The third kappa shape index (κ3) is 4.62. The summed E-state index contributed by atoms with van der Waals surface area (Å²) in [6.45, 7) is 0.119. The third-order valence-electron chi connectivity index (χ3n) is 2.14. The molecule has 96 valence electrons. The number of ether oxygens (including phenoxy) is 2. The summed E-state index contributed by atoms with van der Waals surface area (Å²) in [4.78, 5) is 0. The van der Waals surface area contributed by atoms with Crippen molar-refractivity contribution in [1.82, 2.24) is 0 Å². The SMILES string of the molecule is COc1ccc(CCOS(C)(=O)=O)cc1OC. The van der Waals surface area contributed by atoms with Gasteiger partial charge in [0, 0.05) is 0 Å². The van der Waals surface area contributed by atoms with Crippen LogP contribution in [-0.2, 0) is 20.7 Å². The van der Waals surface area contributed by atoms with Crippen molar-refractivity contribution in [3.05, 3.63) is 23.8 Å². The van der Waals surface area contributed by atoms with Gasteiger partial charge >= 0.3 is 0 Å². The normalized spacial score (nSPS) is 11.2. The standard InChI is InChI=1S/C11H16O5S/c1-14-10-5-4-9(8-11(10)15-2)6-7-16-17(3,12)13/h4-5,8H,6-7H2,1-3H3. The Kier molecular flexibility index (Phi) is 4.77. The average molecular weight is 260 g/mol. The van der Waals surface area contributed by atoms with Crippen LogP contribution in [0.4, 0.5) is 0 Å². The zero-order valence-electron chi connectivity index (χ0n) is 10.1. The van der Waals surface area contributed by atoms with Crippen LogP contribution < -0.4 is 9.47 Å². The number of hydrogen-bond donors (Lipinski definition) is 0. The highest BCUT2D eigenvalue weighted by atomic mass is 32.2. The van der Waals surface area contributed by atoms with Gasteiger partial charge in [-0.25, -0.2) is 0 Å². The van der Waals surface area contributed by atoms with Gasteiger partial charge in [-0.3, -0.25) is 4.18 Å². The molecule has 17 heavy (non-hydrogen) atoms. The second kappa shape index (κ2) is 5.88. The number of benzene rings is 1. The van der Waals surface area contributed by atoms with Gasteiger partial charge in [-0.15, -0.1) is 0 Å². The topological polar surface area (TPSA) is 61.8 Å². The lowest BCUT2D eigenvalue weighted by atomic mass is 10.1. The van der Waals surface area contributed by atoms with E-state index in [0.29, 0.717) is 17.9 Å². The van der Waals surface area contributed by atoms with Crippen molar-refractivity contribution in [1.29, 1.82) is 0 Å². The second-order valence-electron chi connectivity index (χ2n) is 3.47. The first-order valence-electron chi connectivity index (χ1n) is 5.01. The van der Waals surface area contributed by atoms with E-state index in [1.165, 1.54) is 0 Å². The minimum Gasteiger partial charge on any atom is -0.493 e. The molecular formula is C11H16O5S. The van der Waals surface area contributed by atoms with Gasteiger partial charge in [0.05, 0.1) is 27.1 Å². The highest BCUT2D eigenvalue weighted by Crippen LogP contribution is 2.27. The van der Waals surface area contributed by atoms with E-state index in [0.717, 1.165) is 11.8 Å². The Morgan fingerprint density at radius 1 is 1.12 bits per heavy atom. The van der Waals surface area contributed by atoms with E-state index in [4.69, 9.17) is 9.47 Å². The Balaban J connectivity index is 2.66. The molecule has 0 atom stereocenters. The molecule has 0 unspecified atom stereocenters. The van der Waals surface area contributed by atoms with Crippen LogP contribution in [0.25, 0.3) is 0 Å². The predicted molar refractivity (Wildman–Crippen MR) is 64.0 cm³/mol. The molecule has 5 nitrogen and oxygen atoms in total. The molecule has 0 fully saturated rings. The highest BCUT2D eigenvalue weighted by Gasteiger charge is 2.06. The van der Waals surface area contributed by atoms with Crippen LogP contribution in [0, 0.1) is 0 Å². The minimum absolute atomic E-state index is 0.119. The maximum atomic E-state index is 10.8. The monoisotopic (exact) mass is 260 g/mol. The first-order chi connectivity index (χ1) is 7.96. The Morgan fingerprint density at radius 2 is 1.76 bits per heavy atom. The van der Waals surface area contributed by atoms with Gasteiger partial charge in [-0.1, -0.05) is 6.07 Å². The number of methoxy groups -OCH3 is 2. The molecule has 0 aliphatic rings. The van der Waals surface area contributed by atoms with Gasteiger partial charge < -0.3 is 9.47 Å². The first-order valence-corrected chi connectivity index (χ1v) is 6.83. The van der Waals surface area contributed by atoms with Crippen LogP contribution in [0.15, 0.2) is 18.2 Å². The van der Waals surface area contributed by atoms with Crippen molar-refractivity contribution in [2.45, 2.75) is 6.42 Å². The van der Waals surface area contributed by atoms with Crippen LogP contribution in [0.3, 0.4) is 0 Å². The van der Waals surface area contributed by atoms with Gasteiger partial charge in [0.2, 0.25) is 0 Å². The van der Waals surface area contributed by atoms with E-state index in [2.05, 4.69) is 4.18 Å². The fourth-order valence-corrected chi connectivity index (χ4v) is 1.73. The van der Waals surface area contributed by atoms with E-state index in [1.54, 1.807) is 26.4 Å². The molecule has 0 spiro atoms. The quantitative estimate of drug-likeness (QED) is 0.720. The van der Waals surface area contributed by atoms with E-state index in [9.17, 15) is 8.42 Å². The fraction of sp³-hybridized carbons (Fsp3) is 0.455. The van der Waals surface area contributed by atoms with E-state index >= 15 is 0 Å². The fourth-order valence-electron chi connectivity index (χ4n) is 1.35. The largest absolute Gasteiger partial charge is 0.493 e. The molecule has 1 aromatic carbocycles. The molecule has 0 aliphatic carbocycles. The van der Waals surface area contributed by atoms with E-state index in [-0.39, 0.29) is 6.61 Å². The van der Waals surface area contributed by atoms with E-state index < -0.39 is 10.1 Å². The summed E-state index contributed by atoms with van der Waals surface area (Å²) in [5.41, 5.74) is 0.923. The molecule has 0 aliphatic heterocycles. The van der Waals surface area contributed by atoms with Gasteiger partial charge in [0.25, 0.3) is 10.1 Å². The predicted octanol–water partition coefficient (Wildman–Crippen LogP) is 1.22. The number of hydrogen-bond acceptors (Lipinski definition) is 5. The zero-order valence-corrected chi connectivity index (χ0v) is 10.9. The molecule has 0 saturated carbocycles. The van der Waals surface area contributed by atoms with Crippen molar-refractivity contribution in [3.8, 4) is 11.5 Å². The molecule has 6 heteroatoms. The summed E-state index contributed by atoms with van der Waals surface area (Å²) in [5, 5.41) is 0. The van der Waals surface area contributed by atoms with Crippen LogP contribution in [0.1, 0.15) is 5.56 Å². The maximum Gasteiger partial charge on any atom is 0.264 e. The lowest BCUT2D eigenvalue weighted by Gasteiger charge is -2.09. The van der Waals surface area contributed by atoms with Crippen molar-refractivity contribution >= 4 is 10.1 Å². The van der Waals surface area contributed by atoms with Crippen molar-refractivity contribution in [3.63, 3.8) is 0 Å². The zero-order chi connectivity index (χ0) is 12.9. The summed E-state index contributed by atoms with van der Waals surface area (Å²) in [7, 11) is -0.269. The highest BCUT2D eigenvalue weighted by molar-refractivity contribution is 7.85. The van der Waals surface area contributed by atoms with Crippen LogP contribution in [0.5, 0.6) is 11.5 Å². The van der Waals surface area contributed by atoms with Gasteiger partial charge in [-0.2, -0.15) is 8.42 Å². The molecule has 0 amide bonds.